The monoisotopic (exact) mass is 249 g/mol. The van der Waals surface area contributed by atoms with E-state index in [1.165, 1.54) is 10.6 Å². The minimum absolute atomic E-state index is 0.423. The number of nitrogens with one attached hydrogen (secondary N) is 1. The van der Waals surface area contributed by atoms with E-state index in [2.05, 4.69) is 52.5 Å². The Morgan fingerprint density at radius 2 is 2.29 bits per heavy atom. The van der Waals surface area contributed by atoms with Crippen molar-refractivity contribution >= 4 is 11.3 Å². The molecule has 1 unspecified atom stereocenters. The maximum absolute atomic E-state index is 4.45. The summed E-state index contributed by atoms with van der Waals surface area (Å²) >= 11 is 1.80. The maximum atomic E-state index is 4.45. The van der Waals surface area contributed by atoms with Gasteiger partial charge in [0.25, 0.3) is 0 Å². The number of thiophene rings is 1. The zero-order valence-corrected chi connectivity index (χ0v) is 11.4. The normalized spacial score (nSPS) is 12.9. The smallest absolute Gasteiger partial charge is 0.0596 e. The van der Waals surface area contributed by atoms with Crippen LogP contribution >= 0.6 is 11.3 Å². The van der Waals surface area contributed by atoms with Crippen LogP contribution in [0.4, 0.5) is 0 Å². The molecule has 2 heterocycles. The standard InChI is InChI=1S/C13H19N3S/c1-10-9-11(2)16(15-10)7-6-14-12(3)13-5-4-8-17-13/h4-5,8-9,12,14H,6-7H2,1-3H3. The fourth-order valence-electron chi connectivity index (χ4n) is 1.93. The number of nitrogens with zero attached hydrogens (tertiary/aromatic N) is 2. The van der Waals surface area contributed by atoms with Crippen LogP contribution in [-0.4, -0.2) is 16.3 Å². The second-order valence-corrected chi connectivity index (χ2v) is 5.32. The molecule has 0 saturated heterocycles. The first-order valence-electron chi connectivity index (χ1n) is 5.94. The Kier molecular flexibility index (Phi) is 3.97. The number of hydrogen-bond acceptors (Lipinski definition) is 3. The van der Waals surface area contributed by atoms with E-state index < -0.39 is 0 Å². The lowest BCUT2D eigenvalue weighted by atomic mass is 10.3. The summed E-state index contributed by atoms with van der Waals surface area (Å²) in [6.45, 7) is 8.21. The molecule has 0 amide bonds. The molecule has 0 aliphatic rings. The number of rotatable bonds is 5. The minimum Gasteiger partial charge on any atom is -0.308 e. The van der Waals surface area contributed by atoms with Gasteiger partial charge in [-0.15, -0.1) is 11.3 Å². The summed E-state index contributed by atoms with van der Waals surface area (Å²) in [5, 5.41) is 10.1. The Hall–Kier alpha value is -1.13. The van der Waals surface area contributed by atoms with Crippen LogP contribution in [0.15, 0.2) is 23.6 Å². The van der Waals surface area contributed by atoms with Crippen molar-refractivity contribution in [2.75, 3.05) is 6.54 Å². The largest absolute Gasteiger partial charge is 0.308 e. The molecule has 17 heavy (non-hydrogen) atoms. The van der Waals surface area contributed by atoms with Crippen LogP contribution in [0.25, 0.3) is 0 Å². The molecule has 92 valence electrons. The second-order valence-electron chi connectivity index (χ2n) is 4.34. The Morgan fingerprint density at radius 1 is 1.47 bits per heavy atom. The fraction of sp³-hybridized carbons (Fsp3) is 0.462. The number of aryl methyl sites for hydroxylation is 2. The average molecular weight is 249 g/mol. The topological polar surface area (TPSA) is 29.9 Å². The highest BCUT2D eigenvalue weighted by atomic mass is 32.1. The zero-order valence-electron chi connectivity index (χ0n) is 10.6. The third kappa shape index (κ3) is 3.17. The van der Waals surface area contributed by atoms with Crippen molar-refractivity contribution in [3.63, 3.8) is 0 Å². The van der Waals surface area contributed by atoms with Gasteiger partial charge in [-0.05, 0) is 38.3 Å². The van der Waals surface area contributed by atoms with Crippen LogP contribution < -0.4 is 5.32 Å². The van der Waals surface area contributed by atoms with Crippen molar-refractivity contribution in [3.05, 3.63) is 39.8 Å². The van der Waals surface area contributed by atoms with Crippen LogP contribution in [0.2, 0.25) is 0 Å². The number of hydrogen-bond donors (Lipinski definition) is 1. The van der Waals surface area contributed by atoms with Crippen LogP contribution in [0.5, 0.6) is 0 Å². The predicted octanol–water partition coefficient (Wildman–Crippen LogP) is 2.91. The molecule has 0 aliphatic heterocycles. The van der Waals surface area contributed by atoms with E-state index in [0.717, 1.165) is 18.8 Å². The highest BCUT2D eigenvalue weighted by Crippen LogP contribution is 2.17. The molecule has 4 heteroatoms. The minimum atomic E-state index is 0.423. The molecule has 0 aliphatic carbocycles. The van der Waals surface area contributed by atoms with E-state index in [9.17, 15) is 0 Å². The molecule has 3 nitrogen and oxygen atoms in total. The molecule has 0 bridgehead atoms. The van der Waals surface area contributed by atoms with E-state index >= 15 is 0 Å². The summed E-state index contributed by atoms with van der Waals surface area (Å²) in [7, 11) is 0. The Bertz CT molecular complexity index is 459. The fourth-order valence-corrected chi connectivity index (χ4v) is 2.69. The molecular weight excluding hydrogens is 230 g/mol. The van der Waals surface area contributed by atoms with Gasteiger partial charge >= 0.3 is 0 Å². The van der Waals surface area contributed by atoms with Gasteiger partial charge in [0, 0.05) is 23.2 Å². The summed E-state index contributed by atoms with van der Waals surface area (Å²) in [6, 6.07) is 6.81. The van der Waals surface area contributed by atoms with Crippen molar-refractivity contribution in [1.82, 2.24) is 15.1 Å². The second kappa shape index (κ2) is 5.47. The Morgan fingerprint density at radius 3 is 2.88 bits per heavy atom. The third-order valence-corrected chi connectivity index (χ3v) is 3.90. The van der Waals surface area contributed by atoms with Gasteiger partial charge in [0.1, 0.15) is 0 Å². The summed E-state index contributed by atoms with van der Waals surface area (Å²) in [4.78, 5) is 1.39. The summed E-state index contributed by atoms with van der Waals surface area (Å²) in [5.41, 5.74) is 2.32. The van der Waals surface area contributed by atoms with Crippen molar-refractivity contribution in [2.24, 2.45) is 0 Å². The van der Waals surface area contributed by atoms with Crippen LogP contribution in [0, 0.1) is 13.8 Å². The van der Waals surface area contributed by atoms with Gasteiger partial charge < -0.3 is 5.32 Å². The van der Waals surface area contributed by atoms with Crippen LogP contribution in [-0.2, 0) is 6.54 Å². The first-order chi connectivity index (χ1) is 8.16. The average Bonchev–Trinajstić information content (AvgIpc) is 2.89. The van der Waals surface area contributed by atoms with Gasteiger partial charge in [0.15, 0.2) is 0 Å². The van der Waals surface area contributed by atoms with E-state index in [0.29, 0.717) is 6.04 Å². The number of aromatic nitrogens is 2. The Labute approximate surface area is 106 Å². The molecule has 0 fully saturated rings. The lowest BCUT2D eigenvalue weighted by Gasteiger charge is -2.12. The molecule has 2 aromatic heterocycles. The Balaban J connectivity index is 1.82. The van der Waals surface area contributed by atoms with Gasteiger partial charge in [-0.2, -0.15) is 5.10 Å². The van der Waals surface area contributed by atoms with Crippen LogP contribution in [0.1, 0.15) is 29.2 Å². The van der Waals surface area contributed by atoms with Gasteiger partial charge in [-0.25, -0.2) is 0 Å². The van der Waals surface area contributed by atoms with Gasteiger partial charge in [0.2, 0.25) is 0 Å². The highest BCUT2D eigenvalue weighted by Gasteiger charge is 2.05. The summed E-state index contributed by atoms with van der Waals surface area (Å²) in [6.07, 6.45) is 0. The quantitative estimate of drug-likeness (QED) is 0.883. The predicted molar refractivity (Wildman–Crippen MR) is 72.4 cm³/mol. The van der Waals surface area contributed by atoms with E-state index in [4.69, 9.17) is 0 Å². The first kappa shape index (κ1) is 12.3. The zero-order chi connectivity index (χ0) is 12.3. The van der Waals surface area contributed by atoms with Gasteiger partial charge in [-0.1, -0.05) is 6.07 Å². The molecule has 2 rings (SSSR count). The molecule has 0 saturated carbocycles. The molecule has 0 radical (unpaired) electrons. The summed E-state index contributed by atoms with van der Waals surface area (Å²) in [5.74, 6) is 0. The van der Waals surface area contributed by atoms with E-state index in [1.54, 1.807) is 11.3 Å². The molecule has 0 aromatic carbocycles. The molecule has 0 spiro atoms. The SMILES string of the molecule is Cc1cc(C)n(CCNC(C)c2cccs2)n1. The molecule has 1 atom stereocenters. The van der Waals surface area contributed by atoms with Crippen molar-refractivity contribution in [3.8, 4) is 0 Å². The van der Waals surface area contributed by atoms with Crippen molar-refractivity contribution in [1.29, 1.82) is 0 Å². The molecular formula is C13H19N3S. The van der Waals surface area contributed by atoms with E-state index in [1.807, 2.05) is 6.92 Å². The van der Waals surface area contributed by atoms with Gasteiger partial charge in [0.05, 0.1) is 12.2 Å². The van der Waals surface area contributed by atoms with Crippen molar-refractivity contribution in [2.45, 2.75) is 33.4 Å². The summed E-state index contributed by atoms with van der Waals surface area (Å²) < 4.78 is 2.06. The first-order valence-corrected chi connectivity index (χ1v) is 6.82. The van der Waals surface area contributed by atoms with Crippen molar-refractivity contribution < 1.29 is 0 Å². The highest BCUT2D eigenvalue weighted by molar-refractivity contribution is 7.10. The maximum Gasteiger partial charge on any atom is 0.0596 e. The van der Waals surface area contributed by atoms with Gasteiger partial charge in [-0.3, -0.25) is 4.68 Å². The molecule has 2 aromatic rings. The lowest BCUT2D eigenvalue weighted by Crippen LogP contribution is -2.23. The molecule has 1 N–H and O–H groups in total. The lowest BCUT2D eigenvalue weighted by molar-refractivity contribution is 0.503. The van der Waals surface area contributed by atoms with E-state index in [-0.39, 0.29) is 0 Å². The third-order valence-electron chi connectivity index (χ3n) is 2.85. The van der Waals surface area contributed by atoms with Crippen LogP contribution in [0.3, 0.4) is 0 Å².